The molecule has 1 fully saturated rings. The number of rotatable bonds is 5. The lowest BCUT2D eigenvalue weighted by atomic mass is 10.0. The molecule has 1 saturated heterocycles. The normalized spacial score (nSPS) is 23.1. The molecule has 4 heteroatoms. The third kappa shape index (κ3) is 3.97. The molecule has 2 N–H and O–H groups in total. The van der Waals surface area contributed by atoms with Crippen LogP contribution >= 0.6 is 0 Å². The average molecular weight is 290 g/mol. The van der Waals surface area contributed by atoms with Crippen molar-refractivity contribution in [2.45, 2.75) is 52.3 Å². The lowest BCUT2D eigenvalue weighted by Crippen LogP contribution is -2.44. The van der Waals surface area contributed by atoms with Gasteiger partial charge in [0.05, 0.1) is 18.2 Å². The highest BCUT2D eigenvalue weighted by atomic mass is 16.5. The molecule has 3 atom stereocenters. The minimum Gasteiger partial charge on any atom is -0.491 e. The van der Waals surface area contributed by atoms with Gasteiger partial charge in [0.1, 0.15) is 5.75 Å². The predicted molar refractivity (Wildman–Crippen MR) is 84.3 cm³/mol. The van der Waals surface area contributed by atoms with Gasteiger partial charge in [0.25, 0.3) is 0 Å². The Hall–Kier alpha value is -1.55. The van der Waals surface area contributed by atoms with Gasteiger partial charge in [-0.25, -0.2) is 0 Å². The number of amides is 1. The molecule has 0 saturated carbocycles. The lowest BCUT2D eigenvalue weighted by molar-refractivity contribution is -0.124. The molecule has 21 heavy (non-hydrogen) atoms. The Morgan fingerprint density at radius 1 is 1.33 bits per heavy atom. The molecular formula is C17H26N2O2. The maximum atomic E-state index is 12.4. The first-order valence-corrected chi connectivity index (χ1v) is 7.78. The fourth-order valence-electron chi connectivity index (χ4n) is 2.77. The molecule has 0 aromatic heterocycles. The van der Waals surface area contributed by atoms with E-state index in [1.807, 2.05) is 45.0 Å². The van der Waals surface area contributed by atoms with E-state index in [-0.39, 0.29) is 24.1 Å². The summed E-state index contributed by atoms with van der Waals surface area (Å²) < 4.78 is 5.83. The van der Waals surface area contributed by atoms with Gasteiger partial charge in [-0.15, -0.1) is 0 Å². The fourth-order valence-corrected chi connectivity index (χ4v) is 2.77. The Morgan fingerprint density at radius 3 is 2.67 bits per heavy atom. The van der Waals surface area contributed by atoms with E-state index < -0.39 is 0 Å². The Labute approximate surface area is 127 Å². The third-order valence-electron chi connectivity index (χ3n) is 3.92. The van der Waals surface area contributed by atoms with Gasteiger partial charge in [0.2, 0.25) is 5.91 Å². The van der Waals surface area contributed by atoms with E-state index in [1.165, 1.54) is 0 Å². The highest BCUT2D eigenvalue weighted by Gasteiger charge is 2.30. The first kappa shape index (κ1) is 15.8. The predicted octanol–water partition coefficient (Wildman–Crippen LogP) is 2.65. The summed E-state index contributed by atoms with van der Waals surface area (Å²) in [5.74, 6) is 1.30. The van der Waals surface area contributed by atoms with Gasteiger partial charge in [-0.3, -0.25) is 4.79 Å². The molecule has 0 aliphatic carbocycles. The van der Waals surface area contributed by atoms with Crippen LogP contribution in [0.5, 0.6) is 5.75 Å². The summed E-state index contributed by atoms with van der Waals surface area (Å²) >= 11 is 0. The summed E-state index contributed by atoms with van der Waals surface area (Å²) in [6, 6.07) is 7.74. The van der Waals surface area contributed by atoms with Crippen molar-refractivity contribution in [3.63, 3.8) is 0 Å². The number of ether oxygens (including phenoxy) is 1. The van der Waals surface area contributed by atoms with E-state index >= 15 is 0 Å². The van der Waals surface area contributed by atoms with Crippen LogP contribution in [0.1, 0.15) is 45.7 Å². The molecule has 1 amide bonds. The zero-order valence-corrected chi connectivity index (χ0v) is 13.3. The van der Waals surface area contributed by atoms with Crippen LogP contribution in [0.25, 0.3) is 0 Å². The Balaban J connectivity index is 2.06. The number of nitrogens with one attached hydrogen (secondary N) is 2. The number of para-hydroxylation sites is 1. The Kier molecular flexibility index (Phi) is 5.23. The minimum atomic E-state index is -0.0781. The highest BCUT2D eigenvalue weighted by Crippen LogP contribution is 2.26. The number of carbonyl (C=O) groups is 1. The molecule has 1 aromatic carbocycles. The average Bonchev–Trinajstić information content (AvgIpc) is 2.85. The summed E-state index contributed by atoms with van der Waals surface area (Å²) in [7, 11) is 0. The van der Waals surface area contributed by atoms with Gasteiger partial charge in [-0.2, -0.15) is 0 Å². The van der Waals surface area contributed by atoms with Crippen LogP contribution in [0.4, 0.5) is 0 Å². The van der Waals surface area contributed by atoms with E-state index in [0.717, 1.165) is 24.3 Å². The summed E-state index contributed by atoms with van der Waals surface area (Å²) in [6.07, 6.45) is 1.17. The van der Waals surface area contributed by atoms with Crippen LogP contribution in [0.15, 0.2) is 24.3 Å². The van der Waals surface area contributed by atoms with E-state index in [9.17, 15) is 4.79 Å². The molecular weight excluding hydrogens is 264 g/mol. The largest absolute Gasteiger partial charge is 0.491 e. The molecule has 0 radical (unpaired) electrons. The van der Waals surface area contributed by atoms with Gasteiger partial charge >= 0.3 is 0 Å². The summed E-state index contributed by atoms with van der Waals surface area (Å²) in [5.41, 5.74) is 1.02. The quantitative estimate of drug-likeness (QED) is 0.876. The van der Waals surface area contributed by atoms with Crippen LogP contribution in [-0.2, 0) is 4.79 Å². The van der Waals surface area contributed by atoms with Crippen molar-refractivity contribution in [3.8, 4) is 5.75 Å². The van der Waals surface area contributed by atoms with Gasteiger partial charge in [0, 0.05) is 5.56 Å². The second-order valence-electron chi connectivity index (χ2n) is 6.13. The molecule has 0 bridgehead atoms. The van der Waals surface area contributed by atoms with E-state index in [4.69, 9.17) is 4.74 Å². The SMILES string of the molecule is CC(C)Oc1ccccc1C(C)NC(=O)C1NCCC1C. The molecule has 1 aliphatic rings. The van der Waals surface area contributed by atoms with Crippen LogP contribution < -0.4 is 15.4 Å². The summed E-state index contributed by atoms with van der Waals surface area (Å²) in [5, 5.41) is 6.37. The third-order valence-corrected chi connectivity index (χ3v) is 3.92. The van der Waals surface area contributed by atoms with E-state index in [2.05, 4.69) is 17.6 Å². The van der Waals surface area contributed by atoms with Gasteiger partial charge in [0.15, 0.2) is 0 Å². The van der Waals surface area contributed by atoms with Crippen molar-refractivity contribution in [1.29, 1.82) is 0 Å². The van der Waals surface area contributed by atoms with Crippen molar-refractivity contribution in [2.75, 3.05) is 6.54 Å². The Bertz CT molecular complexity index is 487. The van der Waals surface area contributed by atoms with E-state index in [0.29, 0.717) is 5.92 Å². The van der Waals surface area contributed by atoms with Gasteiger partial charge < -0.3 is 15.4 Å². The molecule has 1 aromatic rings. The maximum Gasteiger partial charge on any atom is 0.237 e. The topological polar surface area (TPSA) is 50.4 Å². The van der Waals surface area contributed by atoms with Gasteiger partial charge in [-0.05, 0) is 45.7 Å². The van der Waals surface area contributed by atoms with Crippen molar-refractivity contribution in [1.82, 2.24) is 10.6 Å². The molecule has 0 spiro atoms. The van der Waals surface area contributed by atoms with E-state index in [1.54, 1.807) is 0 Å². The van der Waals surface area contributed by atoms with Crippen molar-refractivity contribution >= 4 is 5.91 Å². The first-order chi connectivity index (χ1) is 9.99. The lowest BCUT2D eigenvalue weighted by Gasteiger charge is -2.22. The monoisotopic (exact) mass is 290 g/mol. The molecule has 1 aliphatic heterocycles. The smallest absolute Gasteiger partial charge is 0.237 e. The molecule has 1 heterocycles. The summed E-state index contributed by atoms with van der Waals surface area (Å²) in [6.45, 7) is 9.04. The number of benzene rings is 1. The zero-order valence-electron chi connectivity index (χ0n) is 13.3. The number of hydrogen-bond acceptors (Lipinski definition) is 3. The van der Waals surface area contributed by atoms with Crippen molar-refractivity contribution in [3.05, 3.63) is 29.8 Å². The first-order valence-electron chi connectivity index (χ1n) is 7.78. The van der Waals surface area contributed by atoms with Crippen LogP contribution in [0.3, 0.4) is 0 Å². The van der Waals surface area contributed by atoms with Crippen molar-refractivity contribution < 1.29 is 9.53 Å². The molecule has 4 nitrogen and oxygen atoms in total. The zero-order chi connectivity index (χ0) is 15.4. The Morgan fingerprint density at radius 2 is 2.05 bits per heavy atom. The standard InChI is InChI=1S/C17H26N2O2/c1-11(2)21-15-8-6-5-7-14(15)13(4)19-17(20)16-12(3)9-10-18-16/h5-8,11-13,16,18H,9-10H2,1-4H3,(H,19,20). The summed E-state index contributed by atoms with van der Waals surface area (Å²) in [4.78, 5) is 12.4. The number of hydrogen-bond donors (Lipinski definition) is 2. The molecule has 3 unspecified atom stereocenters. The fraction of sp³-hybridized carbons (Fsp3) is 0.588. The van der Waals surface area contributed by atoms with Crippen LogP contribution in [0.2, 0.25) is 0 Å². The van der Waals surface area contributed by atoms with Gasteiger partial charge in [-0.1, -0.05) is 25.1 Å². The molecule has 2 rings (SSSR count). The van der Waals surface area contributed by atoms with Crippen LogP contribution in [-0.4, -0.2) is 24.6 Å². The minimum absolute atomic E-state index is 0.0675. The maximum absolute atomic E-state index is 12.4. The van der Waals surface area contributed by atoms with Crippen molar-refractivity contribution in [2.24, 2.45) is 5.92 Å². The molecule has 116 valence electrons. The second kappa shape index (κ2) is 6.94. The van der Waals surface area contributed by atoms with Crippen LogP contribution in [0, 0.1) is 5.92 Å². The highest BCUT2D eigenvalue weighted by molar-refractivity contribution is 5.82. The number of carbonyl (C=O) groups excluding carboxylic acids is 1. The second-order valence-corrected chi connectivity index (χ2v) is 6.13.